The molecule has 1 nitrogen and oxygen atoms in total. The fourth-order valence-electron chi connectivity index (χ4n) is 1.34. The summed E-state index contributed by atoms with van der Waals surface area (Å²) in [6.07, 6.45) is -2.35. The fourth-order valence-corrected chi connectivity index (χ4v) is 1.54. The molecule has 0 saturated carbocycles. The molecule has 1 aromatic carbocycles. The highest BCUT2D eigenvalue weighted by atomic mass is 35.5. The first kappa shape index (κ1) is 12.4. The van der Waals surface area contributed by atoms with Gasteiger partial charge in [0.15, 0.2) is 0 Å². The molecule has 0 aliphatic rings. The van der Waals surface area contributed by atoms with Gasteiger partial charge in [-0.25, -0.2) is 8.78 Å². The van der Waals surface area contributed by atoms with Gasteiger partial charge in [-0.2, -0.15) is 0 Å². The largest absolute Gasteiger partial charge is 0.302 e. The highest BCUT2D eigenvalue weighted by Gasteiger charge is 2.17. The molecule has 0 aliphatic heterocycles. The van der Waals surface area contributed by atoms with E-state index in [0.29, 0.717) is 5.02 Å². The highest BCUT2D eigenvalue weighted by Crippen LogP contribution is 2.18. The van der Waals surface area contributed by atoms with Crippen molar-refractivity contribution < 1.29 is 8.78 Å². The van der Waals surface area contributed by atoms with Gasteiger partial charge in [-0.3, -0.25) is 0 Å². The van der Waals surface area contributed by atoms with Crippen molar-refractivity contribution in [2.75, 3.05) is 0 Å². The van der Waals surface area contributed by atoms with Gasteiger partial charge >= 0.3 is 0 Å². The number of alkyl halides is 2. The van der Waals surface area contributed by atoms with E-state index in [1.807, 2.05) is 19.1 Å². The molecule has 0 radical (unpaired) electrons. The van der Waals surface area contributed by atoms with Crippen LogP contribution in [0.4, 0.5) is 8.78 Å². The summed E-state index contributed by atoms with van der Waals surface area (Å²) in [5.74, 6) is 0. The van der Waals surface area contributed by atoms with Gasteiger partial charge in [0.2, 0.25) is 0 Å². The van der Waals surface area contributed by atoms with E-state index < -0.39 is 12.5 Å². The molecule has 0 spiro atoms. The molecule has 0 aromatic heterocycles. The Balaban J connectivity index is 2.64. The van der Waals surface area contributed by atoms with E-state index in [9.17, 15) is 8.78 Å². The Labute approximate surface area is 93.4 Å². The lowest BCUT2D eigenvalue weighted by atomic mass is 10.1. The van der Waals surface area contributed by atoms with Crippen molar-refractivity contribution >= 4 is 11.6 Å². The lowest BCUT2D eigenvalue weighted by Gasteiger charge is -2.19. The van der Waals surface area contributed by atoms with E-state index in [1.165, 1.54) is 6.92 Å². The highest BCUT2D eigenvalue weighted by molar-refractivity contribution is 6.30. The van der Waals surface area contributed by atoms with Crippen LogP contribution in [0.15, 0.2) is 24.3 Å². The molecule has 0 amide bonds. The third-order valence-corrected chi connectivity index (χ3v) is 2.47. The van der Waals surface area contributed by atoms with E-state index in [0.717, 1.165) is 5.56 Å². The summed E-state index contributed by atoms with van der Waals surface area (Å²) < 4.78 is 24.6. The summed E-state index contributed by atoms with van der Waals surface area (Å²) in [7, 11) is 0. The Hall–Kier alpha value is -0.670. The predicted molar refractivity (Wildman–Crippen MR) is 58.5 cm³/mol. The van der Waals surface area contributed by atoms with Crippen LogP contribution in [0.3, 0.4) is 0 Å². The van der Waals surface area contributed by atoms with Crippen LogP contribution in [0.1, 0.15) is 25.5 Å². The Morgan fingerprint density at radius 2 is 1.93 bits per heavy atom. The fraction of sp³-hybridized carbons (Fsp3) is 0.455. The summed E-state index contributed by atoms with van der Waals surface area (Å²) in [6.45, 7) is 3.30. The molecule has 84 valence electrons. The van der Waals surface area contributed by atoms with Crippen molar-refractivity contribution in [2.45, 2.75) is 32.4 Å². The van der Waals surface area contributed by atoms with Gasteiger partial charge in [0.05, 0.1) is 6.04 Å². The first-order chi connectivity index (χ1) is 7.00. The number of benzene rings is 1. The van der Waals surface area contributed by atoms with Crippen molar-refractivity contribution in [2.24, 2.45) is 0 Å². The Kier molecular flexibility index (Phi) is 4.48. The van der Waals surface area contributed by atoms with Crippen LogP contribution in [0.25, 0.3) is 0 Å². The second-order valence-corrected chi connectivity index (χ2v) is 4.00. The number of hydrogen-bond donors (Lipinski definition) is 1. The van der Waals surface area contributed by atoms with Crippen LogP contribution in [0.5, 0.6) is 0 Å². The molecule has 1 rings (SSSR count). The molecule has 4 heteroatoms. The molecule has 2 unspecified atom stereocenters. The molecule has 0 bridgehead atoms. The first-order valence-corrected chi connectivity index (χ1v) is 5.18. The van der Waals surface area contributed by atoms with Crippen molar-refractivity contribution in [1.29, 1.82) is 0 Å². The zero-order valence-electron chi connectivity index (χ0n) is 8.68. The van der Waals surface area contributed by atoms with Gasteiger partial charge in [-0.15, -0.1) is 0 Å². The van der Waals surface area contributed by atoms with Gasteiger partial charge in [0.1, 0.15) is 0 Å². The lowest BCUT2D eigenvalue weighted by molar-refractivity contribution is 0.101. The minimum atomic E-state index is -2.35. The summed E-state index contributed by atoms with van der Waals surface area (Å²) in [5, 5.41) is 3.43. The summed E-state index contributed by atoms with van der Waals surface area (Å²) in [4.78, 5) is 0. The Morgan fingerprint density at radius 1 is 1.27 bits per heavy atom. The normalized spacial score (nSPS) is 15.3. The van der Waals surface area contributed by atoms with Crippen molar-refractivity contribution in [3.05, 3.63) is 34.9 Å². The van der Waals surface area contributed by atoms with E-state index in [2.05, 4.69) is 5.32 Å². The Bertz CT molecular complexity index is 317. The van der Waals surface area contributed by atoms with E-state index in [-0.39, 0.29) is 6.04 Å². The molecule has 0 aliphatic carbocycles. The van der Waals surface area contributed by atoms with Crippen LogP contribution in [0.2, 0.25) is 5.02 Å². The summed E-state index contributed by atoms with van der Waals surface area (Å²) in [5.41, 5.74) is 0.912. The van der Waals surface area contributed by atoms with Gasteiger partial charge in [-0.05, 0) is 31.5 Å². The van der Waals surface area contributed by atoms with Gasteiger partial charge < -0.3 is 5.32 Å². The minimum Gasteiger partial charge on any atom is -0.302 e. The first-order valence-electron chi connectivity index (χ1n) is 4.80. The number of hydrogen-bond acceptors (Lipinski definition) is 1. The van der Waals surface area contributed by atoms with E-state index in [1.54, 1.807) is 12.1 Å². The SMILES string of the molecule is CC(NC(C)C(F)F)c1cccc(Cl)c1. The van der Waals surface area contributed by atoms with Crippen LogP contribution >= 0.6 is 11.6 Å². The third-order valence-electron chi connectivity index (χ3n) is 2.24. The zero-order valence-corrected chi connectivity index (χ0v) is 9.43. The molecular formula is C11H14ClF2N. The van der Waals surface area contributed by atoms with Crippen LogP contribution in [0, 0.1) is 0 Å². The Morgan fingerprint density at radius 3 is 2.47 bits per heavy atom. The smallest absolute Gasteiger partial charge is 0.253 e. The summed E-state index contributed by atoms with van der Waals surface area (Å²) in [6, 6.07) is 6.25. The maximum absolute atomic E-state index is 12.3. The number of nitrogens with one attached hydrogen (secondary N) is 1. The van der Waals surface area contributed by atoms with Crippen LogP contribution < -0.4 is 5.32 Å². The maximum atomic E-state index is 12.3. The quantitative estimate of drug-likeness (QED) is 0.837. The summed E-state index contributed by atoms with van der Waals surface area (Å²) >= 11 is 5.81. The van der Waals surface area contributed by atoms with Crippen molar-refractivity contribution in [1.82, 2.24) is 5.32 Å². The molecule has 2 atom stereocenters. The molecule has 0 heterocycles. The third kappa shape index (κ3) is 3.76. The lowest BCUT2D eigenvalue weighted by Crippen LogP contribution is -2.34. The second kappa shape index (κ2) is 5.42. The minimum absolute atomic E-state index is 0.132. The topological polar surface area (TPSA) is 12.0 Å². The van der Waals surface area contributed by atoms with Gasteiger partial charge in [0, 0.05) is 11.1 Å². The van der Waals surface area contributed by atoms with E-state index in [4.69, 9.17) is 11.6 Å². The van der Waals surface area contributed by atoms with Crippen LogP contribution in [-0.4, -0.2) is 12.5 Å². The zero-order chi connectivity index (χ0) is 11.4. The predicted octanol–water partition coefficient (Wildman–Crippen LogP) is 3.64. The maximum Gasteiger partial charge on any atom is 0.253 e. The molecule has 0 saturated heterocycles. The average molecular weight is 234 g/mol. The van der Waals surface area contributed by atoms with Gasteiger partial charge in [-0.1, -0.05) is 23.7 Å². The number of halogens is 3. The van der Waals surface area contributed by atoms with Crippen LogP contribution in [-0.2, 0) is 0 Å². The van der Waals surface area contributed by atoms with Crippen molar-refractivity contribution in [3.8, 4) is 0 Å². The van der Waals surface area contributed by atoms with E-state index >= 15 is 0 Å². The van der Waals surface area contributed by atoms with Gasteiger partial charge in [0.25, 0.3) is 6.43 Å². The molecule has 1 N–H and O–H groups in total. The molecule has 1 aromatic rings. The molecule has 15 heavy (non-hydrogen) atoms. The molecular weight excluding hydrogens is 220 g/mol. The monoisotopic (exact) mass is 233 g/mol. The average Bonchev–Trinajstić information content (AvgIpc) is 2.17. The van der Waals surface area contributed by atoms with Crippen molar-refractivity contribution in [3.63, 3.8) is 0 Å². The standard InChI is InChI=1S/C11H14ClF2N/c1-7(15-8(2)11(13)14)9-4-3-5-10(12)6-9/h3-8,11,15H,1-2H3. The molecule has 0 fully saturated rings. The number of rotatable bonds is 4. The second-order valence-electron chi connectivity index (χ2n) is 3.57.